The Bertz CT molecular complexity index is 1260. The molecule has 0 bridgehead atoms. The molecule has 13 heteroatoms. The monoisotopic (exact) mass is 609 g/mol. The van der Waals surface area contributed by atoms with Gasteiger partial charge in [0.25, 0.3) is 0 Å². The van der Waals surface area contributed by atoms with Gasteiger partial charge in [-0.15, -0.1) is 0 Å². The average molecular weight is 611 g/mol. The van der Waals surface area contributed by atoms with Crippen molar-refractivity contribution < 1.29 is 31.2 Å². The van der Waals surface area contributed by atoms with Gasteiger partial charge >= 0.3 is 6.18 Å². The van der Waals surface area contributed by atoms with Gasteiger partial charge in [0.15, 0.2) is 0 Å². The summed E-state index contributed by atoms with van der Waals surface area (Å²) in [5, 5.41) is 3.45. The summed E-state index contributed by atoms with van der Waals surface area (Å²) in [7, 11) is -3.96. The van der Waals surface area contributed by atoms with Crippen molar-refractivity contribution in [2.45, 2.75) is 64.8 Å². The minimum absolute atomic E-state index is 0.0192. The molecule has 2 rings (SSSR count). The lowest BCUT2D eigenvalue weighted by molar-refractivity contribution is -0.140. The van der Waals surface area contributed by atoms with Crippen LogP contribution in [0.15, 0.2) is 42.5 Å². The second-order valence-corrected chi connectivity index (χ2v) is 11.9. The summed E-state index contributed by atoms with van der Waals surface area (Å²) >= 11 is 12.6. The molecule has 39 heavy (non-hydrogen) atoms. The highest BCUT2D eigenvalue weighted by molar-refractivity contribution is 7.92. The lowest BCUT2D eigenvalue weighted by Gasteiger charge is -2.30. The Hall–Kier alpha value is -2.50. The molecule has 2 amide bonds. The zero-order valence-corrected chi connectivity index (χ0v) is 24.4. The number of nitrogens with one attached hydrogen (secondary N) is 1. The van der Waals surface area contributed by atoms with E-state index in [4.69, 9.17) is 23.2 Å². The largest absolute Gasteiger partial charge is 0.416 e. The number of hydrogen-bond acceptors (Lipinski definition) is 4. The number of hydrogen-bond donors (Lipinski definition) is 1. The van der Waals surface area contributed by atoms with Crippen molar-refractivity contribution >= 4 is 50.7 Å². The molecule has 0 fully saturated rings. The molecule has 0 radical (unpaired) electrons. The number of anilines is 1. The Balaban J connectivity index is 2.27. The van der Waals surface area contributed by atoms with Crippen molar-refractivity contribution in [3.8, 4) is 0 Å². The minimum atomic E-state index is -4.65. The maximum absolute atomic E-state index is 13.4. The van der Waals surface area contributed by atoms with Crippen LogP contribution < -0.4 is 9.62 Å². The van der Waals surface area contributed by atoms with E-state index in [9.17, 15) is 31.2 Å². The molecular formula is C26H32Cl2F3N3O4S. The summed E-state index contributed by atoms with van der Waals surface area (Å²) in [5.74, 6) is -0.863. The highest BCUT2D eigenvalue weighted by Crippen LogP contribution is 2.32. The number of carbonyl (C=O) groups excluding carboxylic acids is 2. The Morgan fingerprint density at radius 3 is 2.18 bits per heavy atom. The predicted octanol–water partition coefficient (Wildman–Crippen LogP) is 5.89. The fourth-order valence-electron chi connectivity index (χ4n) is 3.74. The Labute approximate surface area is 237 Å². The van der Waals surface area contributed by atoms with E-state index in [0.29, 0.717) is 22.0 Å². The molecule has 0 aromatic heterocycles. The first-order valence-electron chi connectivity index (χ1n) is 12.2. The van der Waals surface area contributed by atoms with Crippen molar-refractivity contribution in [2.75, 3.05) is 17.1 Å². The molecule has 2 aromatic rings. The molecule has 0 aliphatic heterocycles. The van der Waals surface area contributed by atoms with Gasteiger partial charge in [-0.1, -0.05) is 42.3 Å². The quantitative estimate of drug-likeness (QED) is 0.325. The lowest BCUT2D eigenvalue weighted by atomic mass is 10.1. The van der Waals surface area contributed by atoms with E-state index in [0.717, 1.165) is 28.8 Å². The summed E-state index contributed by atoms with van der Waals surface area (Å²) in [6.45, 7) is 4.97. The number of sulfonamides is 1. The molecule has 2 atom stereocenters. The Kier molecular flexibility index (Phi) is 11.5. The van der Waals surface area contributed by atoms with Crippen molar-refractivity contribution in [1.82, 2.24) is 10.2 Å². The van der Waals surface area contributed by atoms with Gasteiger partial charge < -0.3 is 10.2 Å². The third-order valence-electron chi connectivity index (χ3n) is 6.17. The van der Waals surface area contributed by atoms with Crippen molar-refractivity contribution in [1.29, 1.82) is 0 Å². The van der Waals surface area contributed by atoms with Crippen LogP contribution in [0.1, 0.15) is 51.2 Å². The molecule has 216 valence electrons. The molecule has 2 unspecified atom stereocenters. The standard InChI is InChI=1S/C26H32Cl2F3N3O4S/c1-5-17(2)32-25(36)18(3)33(16-21-22(27)11-7-12-23(21)28)24(35)13-8-14-34(39(4,37)38)20-10-6-9-19(15-20)26(29,30)31/h6-7,9-12,15,17-18H,5,8,13-14,16H2,1-4H3,(H,32,36). The molecule has 0 aliphatic carbocycles. The molecular weight excluding hydrogens is 578 g/mol. The van der Waals surface area contributed by atoms with E-state index >= 15 is 0 Å². The molecule has 7 nitrogen and oxygen atoms in total. The molecule has 0 saturated heterocycles. The van der Waals surface area contributed by atoms with Gasteiger partial charge in [0, 0.05) is 41.2 Å². The van der Waals surface area contributed by atoms with Crippen LogP contribution >= 0.6 is 23.2 Å². The zero-order chi connectivity index (χ0) is 29.5. The fraction of sp³-hybridized carbons (Fsp3) is 0.462. The maximum Gasteiger partial charge on any atom is 0.416 e. The summed E-state index contributed by atoms with van der Waals surface area (Å²) < 4.78 is 65.2. The van der Waals surface area contributed by atoms with E-state index < -0.39 is 33.7 Å². The van der Waals surface area contributed by atoms with Crippen molar-refractivity contribution in [2.24, 2.45) is 0 Å². The summed E-state index contributed by atoms with van der Waals surface area (Å²) in [5.41, 5.74) is -0.714. The van der Waals surface area contributed by atoms with Gasteiger partial charge in [0.2, 0.25) is 21.8 Å². The molecule has 2 aromatic carbocycles. The van der Waals surface area contributed by atoms with Crippen LogP contribution in [0.3, 0.4) is 0 Å². The average Bonchev–Trinajstić information content (AvgIpc) is 2.84. The SMILES string of the molecule is CCC(C)NC(=O)C(C)N(Cc1c(Cl)cccc1Cl)C(=O)CCCN(c1cccc(C(F)(F)F)c1)S(C)(=O)=O. The molecule has 0 aliphatic rings. The van der Waals surface area contributed by atoms with Gasteiger partial charge in [-0.05, 0) is 57.0 Å². The second kappa shape index (κ2) is 13.7. The number of carbonyl (C=O) groups is 2. The molecule has 0 heterocycles. The summed E-state index contributed by atoms with van der Waals surface area (Å²) in [6.07, 6.45) is -3.30. The van der Waals surface area contributed by atoms with Crippen LogP contribution in [0.25, 0.3) is 0 Å². The third kappa shape index (κ3) is 9.29. The van der Waals surface area contributed by atoms with Crippen molar-refractivity contribution in [3.05, 3.63) is 63.6 Å². The number of rotatable bonds is 12. The Morgan fingerprint density at radius 1 is 1.05 bits per heavy atom. The van der Waals surface area contributed by atoms with Gasteiger partial charge in [-0.3, -0.25) is 13.9 Å². The van der Waals surface area contributed by atoms with Crippen LogP contribution in [0, 0.1) is 0 Å². The number of amides is 2. The smallest absolute Gasteiger partial charge is 0.352 e. The first-order valence-corrected chi connectivity index (χ1v) is 14.8. The van der Waals surface area contributed by atoms with E-state index in [1.54, 1.807) is 25.1 Å². The van der Waals surface area contributed by atoms with E-state index in [1.807, 2.05) is 13.8 Å². The van der Waals surface area contributed by atoms with Crippen LogP contribution in [0.5, 0.6) is 0 Å². The first-order chi connectivity index (χ1) is 18.1. The van der Waals surface area contributed by atoms with Gasteiger partial charge in [0.1, 0.15) is 6.04 Å². The van der Waals surface area contributed by atoms with Crippen LogP contribution in [0.2, 0.25) is 10.0 Å². The normalized spacial score (nSPS) is 13.5. The minimum Gasteiger partial charge on any atom is -0.352 e. The lowest BCUT2D eigenvalue weighted by Crippen LogP contribution is -2.49. The first kappa shape index (κ1) is 32.7. The van der Waals surface area contributed by atoms with Crippen LogP contribution in [-0.4, -0.2) is 50.0 Å². The van der Waals surface area contributed by atoms with E-state index in [1.165, 1.54) is 11.0 Å². The maximum atomic E-state index is 13.4. The van der Waals surface area contributed by atoms with Crippen molar-refractivity contribution in [3.63, 3.8) is 0 Å². The third-order valence-corrected chi connectivity index (χ3v) is 8.07. The highest BCUT2D eigenvalue weighted by Gasteiger charge is 2.32. The molecule has 0 saturated carbocycles. The van der Waals surface area contributed by atoms with E-state index in [-0.39, 0.29) is 43.6 Å². The highest BCUT2D eigenvalue weighted by atomic mass is 35.5. The topological polar surface area (TPSA) is 86.8 Å². The zero-order valence-electron chi connectivity index (χ0n) is 22.1. The molecule has 0 spiro atoms. The van der Waals surface area contributed by atoms with Gasteiger partial charge in [0.05, 0.1) is 17.5 Å². The predicted molar refractivity (Wildman–Crippen MR) is 147 cm³/mol. The summed E-state index contributed by atoms with van der Waals surface area (Å²) in [6, 6.07) is 7.78. The van der Waals surface area contributed by atoms with Crippen LogP contribution in [0.4, 0.5) is 18.9 Å². The van der Waals surface area contributed by atoms with Crippen LogP contribution in [-0.2, 0) is 32.3 Å². The number of halogens is 5. The summed E-state index contributed by atoms with van der Waals surface area (Å²) in [4.78, 5) is 27.6. The number of benzene rings is 2. The van der Waals surface area contributed by atoms with Gasteiger partial charge in [-0.25, -0.2) is 8.42 Å². The van der Waals surface area contributed by atoms with E-state index in [2.05, 4.69) is 5.32 Å². The molecule has 1 N–H and O–H groups in total. The Morgan fingerprint density at radius 2 is 1.64 bits per heavy atom. The fourth-order valence-corrected chi connectivity index (χ4v) is 5.22. The second-order valence-electron chi connectivity index (χ2n) is 9.20. The van der Waals surface area contributed by atoms with Gasteiger partial charge in [-0.2, -0.15) is 13.2 Å². The number of nitrogens with zero attached hydrogens (tertiary/aromatic N) is 2. The number of alkyl halides is 3.